The molecule has 0 bridgehead atoms. The maximum absolute atomic E-state index is 13.9. The van der Waals surface area contributed by atoms with Crippen LogP contribution >= 0.6 is 11.6 Å². The molecule has 3 N–H and O–H groups in total. The molecule has 110 valence electrons. The normalized spacial score (nSPS) is 10.2. The molecule has 0 fully saturated rings. The first-order chi connectivity index (χ1) is 9.92. The maximum atomic E-state index is 13.9. The highest BCUT2D eigenvalue weighted by atomic mass is 35.5. The van der Waals surface area contributed by atoms with Gasteiger partial charge in [-0.3, -0.25) is 10.1 Å². The molecule has 6 nitrogen and oxygen atoms in total. The third-order valence-corrected chi connectivity index (χ3v) is 3.05. The van der Waals surface area contributed by atoms with Gasteiger partial charge in [-0.1, -0.05) is 11.6 Å². The average molecular weight is 312 g/mol. The van der Waals surface area contributed by atoms with Crippen molar-refractivity contribution in [2.24, 2.45) is 0 Å². The molecule has 0 atom stereocenters. The number of benzene rings is 2. The van der Waals surface area contributed by atoms with Crippen molar-refractivity contribution in [3.8, 4) is 5.75 Å². The van der Waals surface area contributed by atoms with Crippen LogP contribution in [-0.4, -0.2) is 12.0 Å². The SMILES string of the molecule is COc1cc(Nc2cc(N)ccc2Cl)c(F)cc1[N+](=O)[O-]. The largest absolute Gasteiger partial charge is 0.490 e. The molecule has 2 aromatic rings. The maximum Gasteiger partial charge on any atom is 0.313 e. The van der Waals surface area contributed by atoms with E-state index in [4.69, 9.17) is 22.1 Å². The van der Waals surface area contributed by atoms with Crippen molar-refractivity contribution >= 4 is 34.4 Å². The number of nitrogens with two attached hydrogens (primary N) is 1. The van der Waals surface area contributed by atoms with Crippen LogP contribution in [0, 0.1) is 15.9 Å². The Hall–Kier alpha value is -2.54. The van der Waals surface area contributed by atoms with E-state index in [1.807, 2.05) is 0 Å². The van der Waals surface area contributed by atoms with Crippen molar-refractivity contribution in [2.75, 3.05) is 18.2 Å². The molecule has 0 radical (unpaired) electrons. The Balaban J connectivity index is 2.45. The number of anilines is 3. The first-order valence-corrected chi connectivity index (χ1v) is 6.14. The van der Waals surface area contributed by atoms with Gasteiger partial charge in [0, 0.05) is 11.8 Å². The summed E-state index contributed by atoms with van der Waals surface area (Å²) in [5, 5.41) is 13.9. The Morgan fingerprint density at radius 1 is 1.33 bits per heavy atom. The smallest absolute Gasteiger partial charge is 0.313 e. The molecule has 2 rings (SSSR count). The van der Waals surface area contributed by atoms with Gasteiger partial charge >= 0.3 is 5.69 Å². The Morgan fingerprint density at radius 2 is 2.05 bits per heavy atom. The lowest BCUT2D eigenvalue weighted by atomic mass is 10.2. The van der Waals surface area contributed by atoms with Crippen LogP contribution in [0.1, 0.15) is 0 Å². The first kappa shape index (κ1) is 14.9. The molecule has 0 aliphatic heterocycles. The fourth-order valence-electron chi connectivity index (χ4n) is 1.73. The van der Waals surface area contributed by atoms with Crippen LogP contribution in [0.25, 0.3) is 0 Å². The van der Waals surface area contributed by atoms with Gasteiger partial charge in [0.1, 0.15) is 0 Å². The molecule has 21 heavy (non-hydrogen) atoms. The van der Waals surface area contributed by atoms with E-state index in [1.54, 1.807) is 12.1 Å². The fraction of sp³-hybridized carbons (Fsp3) is 0.0769. The van der Waals surface area contributed by atoms with Gasteiger partial charge in [-0.05, 0) is 18.2 Å². The quantitative estimate of drug-likeness (QED) is 0.510. The fourth-order valence-corrected chi connectivity index (χ4v) is 1.89. The number of rotatable bonds is 4. The average Bonchev–Trinajstić information content (AvgIpc) is 2.44. The van der Waals surface area contributed by atoms with Gasteiger partial charge in [-0.15, -0.1) is 0 Å². The minimum Gasteiger partial charge on any atom is -0.490 e. The second-order valence-electron chi connectivity index (χ2n) is 4.13. The molecular weight excluding hydrogens is 301 g/mol. The lowest BCUT2D eigenvalue weighted by Gasteiger charge is -2.11. The van der Waals surface area contributed by atoms with Crippen LogP contribution in [0.15, 0.2) is 30.3 Å². The summed E-state index contributed by atoms with van der Waals surface area (Å²) in [4.78, 5) is 10.1. The molecular formula is C13H11ClFN3O3. The van der Waals surface area contributed by atoms with Crippen LogP contribution in [0.2, 0.25) is 5.02 Å². The van der Waals surface area contributed by atoms with Crippen molar-refractivity contribution in [1.29, 1.82) is 0 Å². The van der Waals surface area contributed by atoms with E-state index in [9.17, 15) is 14.5 Å². The number of halogens is 2. The summed E-state index contributed by atoms with van der Waals surface area (Å²) in [6.07, 6.45) is 0. The van der Waals surface area contributed by atoms with Crippen molar-refractivity contribution in [3.63, 3.8) is 0 Å². The highest BCUT2D eigenvalue weighted by Crippen LogP contribution is 2.35. The number of nitrogens with one attached hydrogen (secondary N) is 1. The first-order valence-electron chi connectivity index (χ1n) is 5.76. The van der Waals surface area contributed by atoms with E-state index >= 15 is 0 Å². The number of ether oxygens (including phenoxy) is 1. The number of hydrogen-bond acceptors (Lipinski definition) is 5. The Bertz CT molecular complexity index is 709. The van der Waals surface area contributed by atoms with Crippen molar-refractivity contribution < 1.29 is 14.1 Å². The lowest BCUT2D eigenvalue weighted by molar-refractivity contribution is -0.385. The summed E-state index contributed by atoms with van der Waals surface area (Å²) < 4.78 is 18.8. The Labute approximate surface area is 124 Å². The Kier molecular flexibility index (Phi) is 4.13. The van der Waals surface area contributed by atoms with E-state index in [2.05, 4.69) is 5.32 Å². The van der Waals surface area contributed by atoms with Gasteiger partial charge < -0.3 is 15.8 Å². The summed E-state index contributed by atoms with van der Waals surface area (Å²) in [6, 6.07) is 6.64. The van der Waals surface area contributed by atoms with Crippen LogP contribution in [0.3, 0.4) is 0 Å². The van der Waals surface area contributed by atoms with Gasteiger partial charge in [0.25, 0.3) is 0 Å². The monoisotopic (exact) mass is 311 g/mol. The number of methoxy groups -OCH3 is 1. The van der Waals surface area contributed by atoms with Gasteiger partial charge in [0.2, 0.25) is 0 Å². The summed E-state index contributed by atoms with van der Waals surface area (Å²) in [7, 11) is 1.26. The molecule has 0 spiro atoms. The molecule has 0 aliphatic carbocycles. The summed E-state index contributed by atoms with van der Waals surface area (Å²) in [5.41, 5.74) is 5.99. The minimum absolute atomic E-state index is 0.00931. The van der Waals surface area contributed by atoms with Gasteiger partial charge in [0.15, 0.2) is 11.6 Å². The van der Waals surface area contributed by atoms with Crippen LogP contribution in [-0.2, 0) is 0 Å². The highest BCUT2D eigenvalue weighted by Gasteiger charge is 2.19. The van der Waals surface area contributed by atoms with Crippen LogP contribution < -0.4 is 15.8 Å². The summed E-state index contributed by atoms with van der Waals surface area (Å²) in [5.74, 6) is -0.870. The topological polar surface area (TPSA) is 90.4 Å². The third-order valence-electron chi connectivity index (χ3n) is 2.72. The zero-order valence-corrected chi connectivity index (χ0v) is 11.6. The molecule has 8 heteroatoms. The summed E-state index contributed by atoms with van der Waals surface area (Å²) in [6.45, 7) is 0. The number of hydrogen-bond donors (Lipinski definition) is 2. The predicted octanol–water partition coefficient (Wildman–Crippen LogP) is 3.72. The number of nitro benzene ring substituents is 1. The van der Waals surface area contributed by atoms with Crippen LogP contribution in [0.5, 0.6) is 5.75 Å². The second-order valence-corrected chi connectivity index (χ2v) is 4.53. The second kappa shape index (κ2) is 5.84. The molecule has 0 heterocycles. The molecule has 0 saturated heterocycles. The van der Waals surface area contributed by atoms with Gasteiger partial charge in [-0.2, -0.15) is 0 Å². The van der Waals surface area contributed by atoms with Crippen LogP contribution in [0.4, 0.5) is 27.1 Å². The minimum atomic E-state index is -0.805. The zero-order chi connectivity index (χ0) is 15.6. The van der Waals surface area contributed by atoms with E-state index in [0.717, 1.165) is 6.07 Å². The third kappa shape index (κ3) is 3.14. The molecule has 0 aliphatic rings. The molecule has 2 aromatic carbocycles. The standard InChI is InChI=1S/C13H11ClFN3O3/c1-21-13-6-11(9(15)5-12(13)18(19)20)17-10-4-7(16)2-3-8(10)14/h2-6,17H,16H2,1H3. The van der Waals surface area contributed by atoms with Crippen molar-refractivity contribution in [1.82, 2.24) is 0 Å². The molecule has 0 unspecified atom stereocenters. The van der Waals surface area contributed by atoms with Gasteiger partial charge in [-0.25, -0.2) is 4.39 Å². The molecule has 0 saturated carbocycles. The number of nitrogen functional groups attached to an aromatic ring is 1. The summed E-state index contributed by atoms with van der Waals surface area (Å²) >= 11 is 5.97. The molecule has 0 aromatic heterocycles. The van der Waals surface area contributed by atoms with E-state index in [0.29, 0.717) is 16.4 Å². The Morgan fingerprint density at radius 3 is 2.67 bits per heavy atom. The highest BCUT2D eigenvalue weighted by molar-refractivity contribution is 6.33. The lowest BCUT2D eigenvalue weighted by Crippen LogP contribution is -2.00. The van der Waals surface area contributed by atoms with Crippen molar-refractivity contribution in [2.45, 2.75) is 0 Å². The predicted molar refractivity (Wildman–Crippen MR) is 78.8 cm³/mol. The van der Waals surface area contributed by atoms with Gasteiger partial charge in [0.05, 0.1) is 34.5 Å². The van der Waals surface area contributed by atoms with E-state index in [-0.39, 0.29) is 11.4 Å². The van der Waals surface area contributed by atoms with E-state index in [1.165, 1.54) is 19.2 Å². The van der Waals surface area contributed by atoms with Crippen molar-refractivity contribution in [3.05, 3.63) is 51.3 Å². The zero-order valence-electron chi connectivity index (χ0n) is 10.9. The van der Waals surface area contributed by atoms with E-state index < -0.39 is 16.4 Å². The number of nitrogens with zero attached hydrogens (tertiary/aromatic N) is 1. The molecule has 0 amide bonds. The number of nitro groups is 1.